The van der Waals surface area contributed by atoms with Crippen LogP contribution in [0.25, 0.3) is 0 Å². The van der Waals surface area contributed by atoms with Crippen LogP contribution in [0, 0.1) is 5.41 Å². The highest BCUT2D eigenvalue weighted by atomic mass is 35.5. The molecule has 0 aliphatic rings. The Labute approximate surface area is 60.5 Å². The Balaban J connectivity index is 3.91. The molecule has 0 aromatic carbocycles. The highest BCUT2D eigenvalue weighted by molar-refractivity contribution is 6.30. The molecule has 0 fully saturated rings. The lowest BCUT2D eigenvalue weighted by Crippen LogP contribution is -2.12. The summed E-state index contributed by atoms with van der Waals surface area (Å²) in [4.78, 5) is 0. The van der Waals surface area contributed by atoms with Crippen molar-refractivity contribution in [3.63, 3.8) is 0 Å². The van der Waals surface area contributed by atoms with E-state index in [0.29, 0.717) is 10.9 Å². The van der Waals surface area contributed by atoms with Crippen molar-refractivity contribution in [3.05, 3.63) is 11.6 Å². The van der Waals surface area contributed by atoms with Crippen LogP contribution in [0.1, 0.15) is 13.8 Å². The van der Waals surface area contributed by atoms with Gasteiger partial charge >= 0.3 is 0 Å². The quantitative estimate of drug-likeness (QED) is 0.535. The van der Waals surface area contributed by atoms with Crippen LogP contribution in [0.3, 0.4) is 0 Å². The van der Waals surface area contributed by atoms with E-state index in [-0.39, 0.29) is 5.41 Å². The Kier molecular flexibility index (Phi) is 2.86. The first-order valence-electron chi connectivity index (χ1n) is 2.41. The van der Waals surface area contributed by atoms with E-state index < -0.39 is 0 Å². The third-order valence-corrected chi connectivity index (χ3v) is 2.25. The Morgan fingerprint density at radius 3 is 2.00 bits per heavy atom. The van der Waals surface area contributed by atoms with Gasteiger partial charge in [-0.3, -0.25) is 0 Å². The molecule has 0 aromatic heterocycles. The fourth-order valence-corrected chi connectivity index (χ4v) is 0.369. The Hall–Kier alpha value is 0.320. The van der Waals surface area contributed by atoms with Crippen LogP contribution in [0.4, 0.5) is 0 Å². The normalized spacial score (nSPS) is 11.5. The summed E-state index contributed by atoms with van der Waals surface area (Å²) in [5.74, 6) is 0.523. The first-order chi connectivity index (χ1) is 3.50. The van der Waals surface area contributed by atoms with Gasteiger partial charge in [-0.05, 0) is 0 Å². The Morgan fingerprint density at radius 2 is 2.00 bits per heavy atom. The molecular weight excluding hydrogens is 143 g/mol. The van der Waals surface area contributed by atoms with Gasteiger partial charge in [-0.2, -0.15) is 0 Å². The van der Waals surface area contributed by atoms with Gasteiger partial charge in [0.15, 0.2) is 0 Å². The second-order valence-corrected chi connectivity index (χ2v) is 3.15. The van der Waals surface area contributed by atoms with Crippen LogP contribution in [-0.4, -0.2) is 5.88 Å². The van der Waals surface area contributed by atoms with E-state index in [0.717, 1.165) is 0 Å². The van der Waals surface area contributed by atoms with Crippen LogP contribution < -0.4 is 0 Å². The Morgan fingerprint density at radius 1 is 1.62 bits per heavy atom. The van der Waals surface area contributed by atoms with Crippen molar-refractivity contribution < 1.29 is 0 Å². The fourth-order valence-electron chi connectivity index (χ4n) is 0.0725. The van der Waals surface area contributed by atoms with Crippen molar-refractivity contribution >= 4 is 23.2 Å². The standard InChI is InChI=1S/C6H10Cl2/c1-5(8)6(2,3)4-7/h1,4H2,2-3H3. The molecule has 0 aromatic rings. The largest absolute Gasteiger partial charge is 0.126 e. The molecule has 0 amide bonds. The molecular formula is C6H10Cl2. The van der Waals surface area contributed by atoms with Crippen LogP contribution in [0.5, 0.6) is 0 Å². The van der Waals surface area contributed by atoms with Gasteiger partial charge in [-0.25, -0.2) is 0 Å². The lowest BCUT2D eigenvalue weighted by Gasteiger charge is -2.18. The minimum Gasteiger partial charge on any atom is -0.126 e. The van der Waals surface area contributed by atoms with Gasteiger partial charge in [0.2, 0.25) is 0 Å². The number of halogens is 2. The molecule has 0 unspecified atom stereocenters. The second-order valence-electron chi connectivity index (χ2n) is 2.42. The molecule has 48 valence electrons. The maximum Gasteiger partial charge on any atom is 0.0323 e. The molecule has 0 heterocycles. The summed E-state index contributed by atoms with van der Waals surface area (Å²) in [5.41, 5.74) is -0.122. The average molecular weight is 153 g/mol. The molecule has 0 spiro atoms. The predicted molar refractivity (Wildman–Crippen MR) is 39.5 cm³/mol. The molecule has 0 rings (SSSR count). The smallest absolute Gasteiger partial charge is 0.0323 e. The van der Waals surface area contributed by atoms with Gasteiger partial charge in [0, 0.05) is 16.3 Å². The molecule has 0 bridgehead atoms. The van der Waals surface area contributed by atoms with Crippen molar-refractivity contribution in [1.82, 2.24) is 0 Å². The zero-order valence-electron chi connectivity index (χ0n) is 5.17. The third-order valence-electron chi connectivity index (χ3n) is 1.07. The highest BCUT2D eigenvalue weighted by Gasteiger charge is 2.17. The lowest BCUT2D eigenvalue weighted by molar-refractivity contribution is 0.540. The van der Waals surface area contributed by atoms with Gasteiger partial charge < -0.3 is 0 Å². The summed E-state index contributed by atoms with van der Waals surface area (Å²) >= 11 is 11.1. The fraction of sp³-hybridized carbons (Fsp3) is 0.667. The number of allylic oxidation sites excluding steroid dienone is 1. The van der Waals surface area contributed by atoms with Gasteiger partial charge in [-0.15, -0.1) is 11.6 Å². The van der Waals surface area contributed by atoms with Crippen LogP contribution in [0.15, 0.2) is 11.6 Å². The van der Waals surface area contributed by atoms with Crippen molar-refractivity contribution in [2.45, 2.75) is 13.8 Å². The lowest BCUT2D eigenvalue weighted by atomic mass is 9.97. The Bertz CT molecular complexity index is 94.7. The number of alkyl halides is 1. The van der Waals surface area contributed by atoms with Crippen molar-refractivity contribution in [1.29, 1.82) is 0 Å². The van der Waals surface area contributed by atoms with E-state index in [1.807, 2.05) is 13.8 Å². The second kappa shape index (κ2) is 2.75. The van der Waals surface area contributed by atoms with E-state index in [1.165, 1.54) is 0 Å². The number of hydrogen-bond acceptors (Lipinski definition) is 0. The summed E-state index contributed by atoms with van der Waals surface area (Å²) in [5, 5.41) is 0.618. The van der Waals surface area contributed by atoms with E-state index in [1.54, 1.807) is 0 Å². The molecule has 2 heteroatoms. The molecule has 0 saturated heterocycles. The van der Waals surface area contributed by atoms with E-state index in [2.05, 4.69) is 6.58 Å². The van der Waals surface area contributed by atoms with E-state index in [9.17, 15) is 0 Å². The third kappa shape index (κ3) is 2.06. The first-order valence-corrected chi connectivity index (χ1v) is 3.33. The zero-order chi connectivity index (χ0) is 6.78. The molecule has 0 aliphatic heterocycles. The zero-order valence-corrected chi connectivity index (χ0v) is 6.68. The molecule has 0 N–H and O–H groups in total. The minimum atomic E-state index is -0.122. The molecule has 0 aliphatic carbocycles. The summed E-state index contributed by atoms with van der Waals surface area (Å²) < 4.78 is 0. The monoisotopic (exact) mass is 152 g/mol. The minimum absolute atomic E-state index is 0.122. The van der Waals surface area contributed by atoms with Crippen LogP contribution in [-0.2, 0) is 0 Å². The molecule has 0 saturated carbocycles. The van der Waals surface area contributed by atoms with Gasteiger partial charge in [0.1, 0.15) is 0 Å². The van der Waals surface area contributed by atoms with Crippen LogP contribution in [0.2, 0.25) is 0 Å². The highest BCUT2D eigenvalue weighted by Crippen LogP contribution is 2.28. The predicted octanol–water partition coefficient (Wildman–Crippen LogP) is 3.00. The summed E-state index contributed by atoms with van der Waals surface area (Å²) in [6.45, 7) is 7.49. The van der Waals surface area contributed by atoms with Gasteiger partial charge in [-0.1, -0.05) is 32.0 Å². The SMILES string of the molecule is C=C(Cl)C(C)(C)CCl. The molecule has 0 radical (unpaired) electrons. The molecule has 0 atom stereocenters. The number of rotatable bonds is 2. The first kappa shape index (κ1) is 8.32. The average Bonchev–Trinajstić information content (AvgIpc) is 1.67. The summed E-state index contributed by atoms with van der Waals surface area (Å²) in [7, 11) is 0. The molecule has 0 nitrogen and oxygen atoms in total. The molecule has 8 heavy (non-hydrogen) atoms. The van der Waals surface area contributed by atoms with E-state index in [4.69, 9.17) is 23.2 Å². The van der Waals surface area contributed by atoms with Crippen LogP contribution >= 0.6 is 23.2 Å². The maximum atomic E-state index is 5.59. The maximum absolute atomic E-state index is 5.59. The summed E-state index contributed by atoms with van der Waals surface area (Å²) in [6, 6.07) is 0. The number of hydrogen-bond donors (Lipinski definition) is 0. The van der Waals surface area contributed by atoms with Crippen molar-refractivity contribution in [2.75, 3.05) is 5.88 Å². The van der Waals surface area contributed by atoms with Gasteiger partial charge in [0.25, 0.3) is 0 Å². The topological polar surface area (TPSA) is 0 Å². The van der Waals surface area contributed by atoms with E-state index >= 15 is 0 Å². The van der Waals surface area contributed by atoms with Crippen molar-refractivity contribution in [3.8, 4) is 0 Å². The summed E-state index contributed by atoms with van der Waals surface area (Å²) in [6.07, 6.45) is 0. The van der Waals surface area contributed by atoms with Crippen molar-refractivity contribution in [2.24, 2.45) is 5.41 Å². The van der Waals surface area contributed by atoms with Gasteiger partial charge in [0.05, 0.1) is 0 Å².